The number of hydrogen-bond acceptors (Lipinski definition) is 4. The summed E-state index contributed by atoms with van der Waals surface area (Å²) in [5.41, 5.74) is 4.13. The molecule has 6 heteroatoms. The fraction of sp³-hybridized carbons (Fsp3) is 0.0455. The van der Waals surface area contributed by atoms with Crippen molar-refractivity contribution in [2.75, 3.05) is 10.6 Å². The van der Waals surface area contributed by atoms with Crippen LogP contribution in [0.15, 0.2) is 83.3 Å². The number of nitrogens with zero attached hydrogens (tertiary/aromatic N) is 2. The van der Waals surface area contributed by atoms with E-state index in [1.54, 1.807) is 12.1 Å². The van der Waals surface area contributed by atoms with Gasteiger partial charge in [-0.25, -0.2) is 4.79 Å². The Kier molecular flexibility index (Phi) is 4.84. The molecule has 0 saturated heterocycles. The second-order valence-corrected chi connectivity index (χ2v) is 6.30. The van der Waals surface area contributed by atoms with Gasteiger partial charge >= 0.3 is 6.03 Å². The van der Waals surface area contributed by atoms with E-state index >= 15 is 0 Å². The number of nitrogens with one attached hydrogen (secondary N) is 2. The van der Waals surface area contributed by atoms with Crippen LogP contribution in [0.2, 0.25) is 0 Å². The third-order valence-corrected chi connectivity index (χ3v) is 4.11. The van der Waals surface area contributed by atoms with Crippen LogP contribution in [-0.2, 0) is 0 Å². The number of urea groups is 1. The minimum Gasteiger partial charge on any atom is -0.416 e. The van der Waals surface area contributed by atoms with Crippen LogP contribution < -0.4 is 10.6 Å². The lowest BCUT2D eigenvalue weighted by Gasteiger charge is -2.08. The highest BCUT2D eigenvalue weighted by atomic mass is 16.4. The molecular formula is C22H18N4O2. The number of carbonyl (C=O) groups excluding carboxylic acids is 1. The molecule has 1 aromatic heterocycles. The first kappa shape index (κ1) is 17.5. The highest BCUT2D eigenvalue weighted by Crippen LogP contribution is 2.24. The smallest absolute Gasteiger partial charge is 0.323 e. The molecule has 4 aromatic rings. The average molecular weight is 370 g/mol. The Hall–Kier alpha value is -3.93. The maximum absolute atomic E-state index is 12.1. The van der Waals surface area contributed by atoms with Crippen LogP contribution in [0.25, 0.3) is 22.9 Å². The fourth-order valence-electron chi connectivity index (χ4n) is 2.75. The van der Waals surface area contributed by atoms with Gasteiger partial charge in [0, 0.05) is 22.5 Å². The van der Waals surface area contributed by atoms with Gasteiger partial charge in [-0.15, -0.1) is 10.2 Å². The SMILES string of the molecule is Cc1cccc(NC(=O)Nc2ccc(-c3nnc(-c4ccccc4)o3)cc2)c1. The molecule has 0 unspecified atom stereocenters. The van der Waals surface area contributed by atoms with Crippen molar-refractivity contribution in [2.45, 2.75) is 6.92 Å². The predicted octanol–water partition coefficient (Wildman–Crippen LogP) is 5.36. The van der Waals surface area contributed by atoms with Gasteiger partial charge in [-0.3, -0.25) is 0 Å². The molecule has 2 amide bonds. The van der Waals surface area contributed by atoms with E-state index in [-0.39, 0.29) is 6.03 Å². The second-order valence-electron chi connectivity index (χ2n) is 6.30. The van der Waals surface area contributed by atoms with Crippen LogP contribution in [0.5, 0.6) is 0 Å². The summed E-state index contributed by atoms with van der Waals surface area (Å²) >= 11 is 0. The molecule has 0 saturated carbocycles. The van der Waals surface area contributed by atoms with E-state index in [0.29, 0.717) is 17.5 Å². The fourth-order valence-corrected chi connectivity index (χ4v) is 2.75. The zero-order chi connectivity index (χ0) is 19.3. The number of carbonyl (C=O) groups is 1. The molecule has 1 heterocycles. The van der Waals surface area contributed by atoms with E-state index in [1.165, 1.54) is 0 Å². The molecule has 0 atom stereocenters. The molecule has 0 aliphatic heterocycles. The molecule has 28 heavy (non-hydrogen) atoms. The Morgan fingerprint density at radius 3 is 2.07 bits per heavy atom. The Morgan fingerprint density at radius 2 is 1.39 bits per heavy atom. The Labute approximate surface area is 162 Å². The van der Waals surface area contributed by atoms with Crippen LogP contribution in [0, 0.1) is 6.92 Å². The number of aryl methyl sites for hydroxylation is 1. The normalized spacial score (nSPS) is 10.5. The molecule has 2 N–H and O–H groups in total. The summed E-state index contributed by atoms with van der Waals surface area (Å²) in [5.74, 6) is 0.893. The maximum atomic E-state index is 12.1. The zero-order valence-electron chi connectivity index (χ0n) is 15.2. The van der Waals surface area contributed by atoms with Crippen molar-refractivity contribution in [2.24, 2.45) is 0 Å². The minimum absolute atomic E-state index is 0.303. The van der Waals surface area contributed by atoms with Crippen molar-refractivity contribution < 1.29 is 9.21 Å². The van der Waals surface area contributed by atoms with Gasteiger partial charge in [0.1, 0.15) is 0 Å². The highest BCUT2D eigenvalue weighted by Gasteiger charge is 2.10. The van der Waals surface area contributed by atoms with Crippen LogP contribution in [0.4, 0.5) is 16.2 Å². The van der Waals surface area contributed by atoms with Crippen LogP contribution in [-0.4, -0.2) is 16.2 Å². The third-order valence-electron chi connectivity index (χ3n) is 4.11. The summed E-state index contributed by atoms with van der Waals surface area (Å²) in [4.78, 5) is 12.1. The number of anilines is 2. The molecule has 0 bridgehead atoms. The number of amides is 2. The number of benzene rings is 3. The quantitative estimate of drug-likeness (QED) is 0.507. The van der Waals surface area contributed by atoms with Gasteiger partial charge in [0.05, 0.1) is 0 Å². The van der Waals surface area contributed by atoms with Crippen molar-refractivity contribution in [3.63, 3.8) is 0 Å². The van der Waals surface area contributed by atoms with E-state index in [9.17, 15) is 4.79 Å². The predicted molar refractivity (Wildman–Crippen MR) is 109 cm³/mol. The summed E-state index contributed by atoms with van der Waals surface area (Å²) in [6.45, 7) is 1.97. The molecule has 6 nitrogen and oxygen atoms in total. The molecular weight excluding hydrogens is 352 g/mol. The van der Waals surface area contributed by atoms with Gasteiger partial charge in [0.25, 0.3) is 0 Å². The highest BCUT2D eigenvalue weighted by molar-refractivity contribution is 5.99. The van der Waals surface area contributed by atoms with Crippen LogP contribution in [0.3, 0.4) is 0 Å². The Morgan fingerprint density at radius 1 is 0.750 bits per heavy atom. The first-order valence-corrected chi connectivity index (χ1v) is 8.81. The number of aromatic nitrogens is 2. The summed E-state index contributed by atoms with van der Waals surface area (Å²) in [6.07, 6.45) is 0. The summed E-state index contributed by atoms with van der Waals surface area (Å²) in [7, 11) is 0. The van der Waals surface area contributed by atoms with Crippen molar-refractivity contribution in [3.8, 4) is 22.9 Å². The molecule has 0 spiro atoms. The third kappa shape index (κ3) is 4.07. The average Bonchev–Trinajstić information content (AvgIpc) is 3.19. The van der Waals surface area contributed by atoms with Crippen LogP contribution >= 0.6 is 0 Å². The monoisotopic (exact) mass is 370 g/mol. The molecule has 3 aromatic carbocycles. The molecule has 0 aliphatic carbocycles. The summed E-state index contributed by atoms with van der Waals surface area (Å²) in [6, 6.07) is 24.1. The van der Waals surface area contributed by atoms with E-state index in [1.807, 2.05) is 73.7 Å². The summed E-state index contributed by atoms with van der Waals surface area (Å²) in [5, 5.41) is 13.8. The van der Waals surface area contributed by atoms with Crippen molar-refractivity contribution in [1.29, 1.82) is 0 Å². The Balaban J connectivity index is 1.43. The zero-order valence-corrected chi connectivity index (χ0v) is 15.2. The second kappa shape index (κ2) is 7.75. The van der Waals surface area contributed by atoms with Crippen molar-refractivity contribution in [3.05, 3.63) is 84.4 Å². The molecule has 4 rings (SSSR count). The van der Waals surface area contributed by atoms with Gasteiger partial charge in [-0.05, 0) is 61.0 Å². The molecule has 0 fully saturated rings. The standard InChI is InChI=1S/C22H18N4O2/c1-15-6-5-9-19(14-15)24-22(27)23-18-12-10-17(11-13-18)21-26-25-20(28-21)16-7-3-2-4-8-16/h2-14H,1H3,(H2,23,24,27). The van der Waals surface area contributed by atoms with Gasteiger partial charge in [-0.2, -0.15) is 0 Å². The van der Waals surface area contributed by atoms with E-state index in [2.05, 4.69) is 20.8 Å². The number of hydrogen-bond donors (Lipinski definition) is 2. The molecule has 0 radical (unpaired) electrons. The lowest BCUT2D eigenvalue weighted by Crippen LogP contribution is -2.19. The lowest BCUT2D eigenvalue weighted by molar-refractivity contribution is 0.262. The van der Waals surface area contributed by atoms with Gasteiger partial charge in [0.2, 0.25) is 11.8 Å². The topological polar surface area (TPSA) is 80.0 Å². The van der Waals surface area contributed by atoms with Gasteiger partial charge in [-0.1, -0.05) is 30.3 Å². The van der Waals surface area contributed by atoms with E-state index in [4.69, 9.17) is 4.42 Å². The molecule has 0 aliphatic rings. The first-order chi connectivity index (χ1) is 13.7. The van der Waals surface area contributed by atoms with Crippen molar-refractivity contribution in [1.82, 2.24) is 10.2 Å². The van der Waals surface area contributed by atoms with Gasteiger partial charge in [0.15, 0.2) is 0 Å². The van der Waals surface area contributed by atoms with E-state index < -0.39 is 0 Å². The minimum atomic E-state index is -0.303. The summed E-state index contributed by atoms with van der Waals surface area (Å²) < 4.78 is 5.74. The first-order valence-electron chi connectivity index (χ1n) is 8.81. The van der Waals surface area contributed by atoms with Gasteiger partial charge < -0.3 is 15.1 Å². The van der Waals surface area contributed by atoms with E-state index in [0.717, 1.165) is 22.4 Å². The maximum Gasteiger partial charge on any atom is 0.323 e. The Bertz CT molecular complexity index is 1090. The van der Waals surface area contributed by atoms with Crippen molar-refractivity contribution >= 4 is 17.4 Å². The largest absolute Gasteiger partial charge is 0.416 e. The van der Waals surface area contributed by atoms with Crippen LogP contribution in [0.1, 0.15) is 5.56 Å². The number of rotatable bonds is 4. The molecule has 138 valence electrons. The lowest BCUT2D eigenvalue weighted by atomic mass is 10.2.